The van der Waals surface area contributed by atoms with E-state index in [0.29, 0.717) is 0 Å². The highest BCUT2D eigenvalue weighted by Crippen LogP contribution is 2.42. The van der Waals surface area contributed by atoms with Crippen molar-refractivity contribution in [2.24, 2.45) is 0 Å². The molecule has 4 aromatic rings. The molecule has 0 saturated carbocycles. The predicted molar refractivity (Wildman–Crippen MR) is 119 cm³/mol. The zero-order valence-electron chi connectivity index (χ0n) is 18.5. The lowest BCUT2D eigenvalue weighted by Gasteiger charge is -2.21. The number of benzene rings is 2. The van der Waals surface area contributed by atoms with E-state index >= 15 is 0 Å². The second-order valence-electron chi connectivity index (χ2n) is 7.68. The summed E-state index contributed by atoms with van der Waals surface area (Å²) in [5.41, 5.74) is 0.00956. The summed E-state index contributed by atoms with van der Waals surface area (Å²) < 4.78 is 50.7. The maximum Gasteiger partial charge on any atom is 0.586 e. The van der Waals surface area contributed by atoms with E-state index in [1.54, 1.807) is 13.0 Å². The van der Waals surface area contributed by atoms with E-state index in [4.69, 9.17) is 5.26 Å². The Balaban J connectivity index is 1.51. The minimum Gasteiger partial charge on any atom is -0.395 e. The minimum atomic E-state index is -3.81. The number of hydrogen-bond donors (Lipinski definition) is 1. The summed E-state index contributed by atoms with van der Waals surface area (Å²) in [6.45, 7) is 1.29. The first-order chi connectivity index (χ1) is 17.2. The summed E-state index contributed by atoms with van der Waals surface area (Å²) in [7, 11) is 0. The Kier molecular flexibility index (Phi) is 5.36. The topological polar surface area (TPSA) is 126 Å². The molecule has 0 unspecified atom stereocenters. The number of alkyl halides is 2. The highest BCUT2D eigenvalue weighted by molar-refractivity contribution is 5.94. The standard InChI is InChI=1S/C23H15F3N6O4/c1-2-31(14-5-6-16-17(8-14)36-23(25,26)35-16)18(33)10-32-22(34)21-20(28-11-29-21)19(30-32)12-3-4-13(9-27)15(24)7-12/h3-8,11H,2,10H2,1H3,(H,28,29). The van der Waals surface area contributed by atoms with Crippen LogP contribution >= 0.6 is 0 Å². The van der Waals surface area contributed by atoms with Crippen molar-refractivity contribution in [1.82, 2.24) is 19.7 Å². The molecule has 10 nitrogen and oxygen atoms in total. The second kappa shape index (κ2) is 8.42. The first-order valence-electron chi connectivity index (χ1n) is 10.5. The van der Waals surface area contributed by atoms with Gasteiger partial charge in [-0.15, -0.1) is 8.78 Å². The van der Waals surface area contributed by atoms with Crippen LogP contribution in [0.3, 0.4) is 0 Å². The van der Waals surface area contributed by atoms with Gasteiger partial charge in [-0.1, -0.05) is 6.07 Å². The number of likely N-dealkylation sites (N-methyl/N-ethyl adjacent to an activating group) is 1. The fraction of sp³-hybridized carbons (Fsp3) is 0.174. The zero-order chi connectivity index (χ0) is 25.6. The number of hydrogen-bond acceptors (Lipinski definition) is 7. The van der Waals surface area contributed by atoms with Gasteiger partial charge in [0.1, 0.15) is 35.2 Å². The van der Waals surface area contributed by atoms with Gasteiger partial charge in [-0.2, -0.15) is 10.4 Å². The number of fused-ring (bicyclic) bond motifs is 2. The number of nitrogens with zero attached hydrogens (tertiary/aromatic N) is 5. The fourth-order valence-electron chi connectivity index (χ4n) is 3.86. The normalized spacial score (nSPS) is 13.5. The van der Waals surface area contributed by atoms with Crippen molar-refractivity contribution >= 4 is 22.6 Å². The van der Waals surface area contributed by atoms with Crippen LogP contribution in [0.5, 0.6) is 11.5 Å². The van der Waals surface area contributed by atoms with E-state index in [0.717, 1.165) is 10.7 Å². The molecule has 2 aromatic carbocycles. The van der Waals surface area contributed by atoms with Crippen molar-refractivity contribution < 1.29 is 27.4 Å². The van der Waals surface area contributed by atoms with Crippen LogP contribution in [-0.4, -0.2) is 38.5 Å². The molecule has 0 bridgehead atoms. The van der Waals surface area contributed by atoms with E-state index in [1.807, 2.05) is 0 Å². The molecular formula is C23H15F3N6O4. The molecule has 1 amide bonds. The largest absolute Gasteiger partial charge is 0.586 e. The lowest BCUT2D eigenvalue weighted by atomic mass is 10.1. The Hall–Kier alpha value is -4.86. The lowest BCUT2D eigenvalue weighted by molar-refractivity contribution is -0.286. The third kappa shape index (κ3) is 3.88. The van der Waals surface area contributed by atoms with Gasteiger partial charge in [0.25, 0.3) is 5.56 Å². The molecule has 3 heterocycles. The third-order valence-electron chi connectivity index (χ3n) is 5.49. The van der Waals surface area contributed by atoms with Crippen molar-refractivity contribution in [1.29, 1.82) is 5.26 Å². The van der Waals surface area contributed by atoms with Gasteiger partial charge in [0.15, 0.2) is 11.5 Å². The number of aromatic nitrogens is 4. The molecule has 1 N–H and O–H groups in total. The van der Waals surface area contributed by atoms with E-state index < -0.39 is 30.1 Å². The van der Waals surface area contributed by atoms with Crippen molar-refractivity contribution in [3.8, 4) is 28.8 Å². The minimum absolute atomic E-state index is 0.0472. The monoisotopic (exact) mass is 496 g/mol. The summed E-state index contributed by atoms with van der Waals surface area (Å²) >= 11 is 0. The summed E-state index contributed by atoms with van der Waals surface area (Å²) in [5.74, 6) is -1.76. The van der Waals surface area contributed by atoms with E-state index in [9.17, 15) is 22.8 Å². The van der Waals surface area contributed by atoms with Crippen molar-refractivity contribution in [3.63, 3.8) is 0 Å². The Morgan fingerprint density at radius 3 is 2.72 bits per heavy atom. The number of carbonyl (C=O) groups excluding carboxylic acids is 1. The van der Waals surface area contributed by atoms with Gasteiger partial charge in [-0.3, -0.25) is 9.59 Å². The first-order valence-corrected chi connectivity index (χ1v) is 10.5. The molecule has 0 atom stereocenters. The van der Waals surface area contributed by atoms with Crippen molar-refractivity contribution in [3.05, 3.63) is 64.5 Å². The van der Waals surface area contributed by atoms with Gasteiger partial charge in [0.05, 0.1) is 11.9 Å². The number of H-pyrrole nitrogens is 1. The summed E-state index contributed by atoms with van der Waals surface area (Å²) in [6.07, 6.45) is -2.54. The Morgan fingerprint density at radius 2 is 2.00 bits per heavy atom. The number of rotatable bonds is 5. The number of carbonyl (C=O) groups is 1. The number of halogens is 3. The van der Waals surface area contributed by atoms with E-state index in [-0.39, 0.29) is 51.6 Å². The molecule has 36 heavy (non-hydrogen) atoms. The number of amides is 1. The SMILES string of the molecule is CCN(C(=O)Cn1nc(-c2ccc(C#N)c(F)c2)c2nc[nH]c2c1=O)c1ccc2c(c1)OC(F)(F)O2. The number of anilines is 1. The van der Waals surface area contributed by atoms with Gasteiger partial charge >= 0.3 is 6.29 Å². The smallest absolute Gasteiger partial charge is 0.395 e. The molecular weight excluding hydrogens is 481 g/mol. The number of ether oxygens (including phenoxy) is 2. The predicted octanol–water partition coefficient (Wildman–Crippen LogP) is 3.17. The van der Waals surface area contributed by atoms with Gasteiger partial charge in [0.2, 0.25) is 5.91 Å². The Bertz CT molecular complexity index is 1620. The van der Waals surface area contributed by atoms with Crippen LogP contribution in [0.1, 0.15) is 12.5 Å². The fourth-order valence-corrected chi connectivity index (χ4v) is 3.86. The molecule has 1 aliphatic rings. The molecule has 0 spiro atoms. The maximum atomic E-state index is 14.3. The molecule has 1 aliphatic heterocycles. The van der Waals surface area contributed by atoms with Gasteiger partial charge in [0, 0.05) is 23.9 Å². The van der Waals surface area contributed by atoms with Crippen molar-refractivity contribution in [2.75, 3.05) is 11.4 Å². The highest BCUT2D eigenvalue weighted by Gasteiger charge is 2.43. The van der Waals surface area contributed by atoms with Crippen LogP contribution in [0.4, 0.5) is 18.9 Å². The average molecular weight is 496 g/mol. The Labute approximate surface area is 200 Å². The second-order valence-corrected chi connectivity index (χ2v) is 7.68. The van der Waals surface area contributed by atoms with Crippen LogP contribution in [-0.2, 0) is 11.3 Å². The van der Waals surface area contributed by atoms with Crippen LogP contribution in [0, 0.1) is 17.1 Å². The molecule has 0 aliphatic carbocycles. The van der Waals surface area contributed by atoms with Gasteiger partial charge < -0.3 is 19.4 Å². The van der Waals surface area contributed by atoms with Crippen LogP contribution in [0.25, 0.3) is 22.3 Å². The summed E-state index contributed by atoms with van der Waals surface area (Å²) in [5, 5.41) is 13.2. The number of imidazole rings is 1. The maximum absolute atomic E-state index is 14.3. The van der Waals surface area contributed by atoms with Gasteiger partial charge in [-0.25, -0.2) is 14.1 Å². The van der Waals surface area contributed by atoms with Crippen molar-refractivity contribution in [2.45, 2.75) is 19.8 Å². The molecule has 5 rings (SSSR count). The number of nitriles is 1. The zero-order valence-corrected chi connectivity index (χ0v) is 18.5. The molecule has 0 fully saturated rings. The molecule has 0 saturated heterocycles. The quantitative estimate of drug-likeness (QED) is 0.450. The summed E-state index contributed by atoms with van der Waals surface area (Å²) in [4.78, 5) is 34.2. The molecule has 13 heteroatoms. The average Bonchev–Trinajstić information content (AvgIpc) is 3.44. The number of aromatic amines is 1. The van der Waals surface area contributed by atoms with Crippen LogP contribution in [0.15, 0.2) is 47.5 Å². The summed E-state index contributed by atoms with van der Waals surface area (Å²) in [6, 6.07) is 9.43. The third-order valence-corrected chi connectivity index (χ3v) is 5.49. The Morgan fingerprint density at radius 1 is 1.22 bits per heavy atom. The van der Waals surface area contributed by atoms with E-state index in [1.165, 1.54) is 41.6 Å². The first kappa shape index (κ1) is 22.9. The molecule has 182 valence electrons. The molecule has 2 aromatic heterocycles. The number of nitrogens with one attached hydrogen (secondary N) is 1. The highest BCUT2D eigenvalue weighted by atomic mass is 19.3. The van der Waals surface area contributed by atoms with Gasteiger partial charge in [-0.05, 0) is 31.2 Å². The van der Waals surface area contributed by atoms with E-state index in [2.05, 4.69) is 24.5 Å². The molecule has 0 radical (unpaired) electrons. The van der Waals surface area contributed by atoms with Crippen LogP contribution < -0.4 is 19.9 Å². The van der Waals surface area contributed by atoms with Crippen LogP contribution in [0.2, 0.25) is 0 Å². The lowest BCUT2D eigenvalue weighted by Crippen LogP contribution is -2.37.